The highest BCUT2D eigenvalue weighted by Crippen LogP contribution is 2.25. The maximum atomic E-state index is 14.0. The second-order valence-electron chi connectivity index (χ2n) is 16.2. The number of methoxy groups -OCH3 is 2. The lowest BCUT2D eigenvalue weighted by Gasteiger charge is -2.34. The first-order valence-electron chi connectivity index (χ1n) is 19.0. The Hall–Kier alpha value is -5.82. The van der Waals surface area contributed by atoms with Gasteiger partial charge in [-0.25, -0.2) is 9.59 Å². The van der Waals surface area contributed by atoms with Crippen LogP contribution in [-0.2, 0) is 31.9 Å². The Morgan fingerprint density at radius 2 is 1.02 bits per heavy atom. The molecule has 0 aliphatic rings. The molecule has 0 fully saturated rings. The molecule has 2 aromatic carbocycles. The number of benzene rings is 2. The second kappa shape index (κ2) is 19.9. The fourth-order valence-electron chi connectivity index (χ4n) is 6.42. The van der Waals surface area contributed by atoms with Crippen molar-refractivity contribution in [2.24, 2.45) is 10.8 Å². The molecule has 4 aromatic rings. The standard InChI is InChI=1S/C44H56N6O7/c1-43(2,3)37(49-41(54)56-7)39(52)47-32(25-28-15-19-30(20-16-28)33-13-9-11-23-45-33)27-36(51)35(48-40(53)38(44(4,5)6)50-42(55)57-8)26-29-17-21-31(22-18-29)34-14-10-12-24-46-34/h9-24,32,35-38,51H,25-27H2,1-8H3,(H,47,52)(H,48,53)(H,49,54)(H,50,55). The molecule has 0 radical (unpaired) electrons. The van der Waals surface area contributed by atoms with Gasteiger partial charge in [-0.3, -0.25) is 19.6 Å². The van der Waals surface area contributed by atoms with Crippen LogP contribution in [0.15, 0.2) is 97.3 Å². The first-order chi connectivity index (χ1) is 27.0. The van der Waals surface area contributed by atoms with Crippen molar-refractivity contribution in [2.75, 3.05) is 14.2 Å². The van der Waals surface area contributed by atoms with Gasteiger partial charge in [-0.1, -0.05) is 102 Å². The molecule has 0 aliphatic heterocycles. The van der Waals surface area contributed by atoms with Crippen LogP contribution in [0.4, 0.5) is 9.59 Å². The number of hydrogen-bond acceptors (Lipinski definition) is 9. The maximum Gasteiger partial charge on any atom is 0.407 e. The normalized spacial score (nSPS) is 14.2. The van der Waals surface area contributed by atoms with Gasteiger partial charge >= 0.3 is 12.2 Å². The van der Waals surface area contributed by atoms with Gasteiger partial charge in [0.15, 0.2) is 0 Å². The topological polar surface area (TPSA) is 181 Å². The van der Waals surface area contributed by atoms with Gasteiger partial charge in [-0.05, 0) is 65.5 Å². The van der Waals surface area contributed by atoms with E-state index in [1.165, 1.54) is 14.2 Å². The third-order valence-electron chi connectivity index (χ3n) is 9.58. The zero-order chi connectivity index (χ0) is 41.8. The summed E-state index contributed by atoms with van der Waals surface area (Å²) in [5, 5.41) is 23.5. The Morgan fingerprint density at radius 1 is 0.596 bits per heavy atom. The Kier molecular flexibility index (Phi) is 15.3. The lowest BCUT2D eigenvalue weighted by atomic mass is 9.85. The molecule has 2 aromatic heterocycles. The van der Waals surface area contributed by atoms with Crippen LogP contribution in [0.1, 0.15) is 59.1 Å². The molecule has 5 N–H and O–H groups in total. The van der Waals surface area contributed by atoms with Crippen LogP contribution in [0.2, 0.25) is 0 Å². The Balaban J connectivity index is 1.68. The number of nitrogens with zero attached hydrogens (tertiary/aromatic N) is 2. The SMILES string of the molecule is COC(=O)NC(C(=O)NC(Cc1ccc(-c2ccccn2)cc1)CC(O)C(Cc1ccc(-c2ccccn2)cc1)NC(=O)C(NC(=O)OC)C(C)(C)C)C(C)(C)C. The number of alkyl carbamates (subject to hydrolysis) is 2. The molecular formula is C44H56N6O7. The molecule has 0 bridgehead atoms. The lowest BCUT2D eigenvalue weighted by molar-refractivity contribution is -0.128. The third kappa shape index (κ3) is 13.1. The molecule has 0 spiro atoms. The summed E-state index contributed by atoms with van der Waals surface area (Å²) in [5.41, 5.74) is 3.73. The molecule has 0 saturated heterocycles. The summed E-state index contributed by atoms with van der Waals surface area (Å²) in [5.74, 6) is -0.973. The van der Waals surface area contributed by atoms with Gasteiger partial charge in [0, 0.05) is 29.6 Å². The zero-order valence-corrected chi connectivity index (χ0v) is 34.0. The molecule has 57 heavy (non-hydrogen) atoms. The van der Waals surface area contributed by atoms with E-state index in [1.54, 1.807) is 12.4 Å². The molecule has 13 nitrogen and oxygen atoms in total. The molecule has 304 valence electrons. The van der Waals surface area contributed by atoms with Crippen molar-refractivity contribution in [3.63, 3.8) is 0 Å². The fourth-order valence-corrected chi connectivity index (χ4v) is 6.42. The van der Waals surface area contributed by atoms with Crippen molar-refractivity contribution in [3.05, 3.63) is 108 Å². The van der Waals surface area contributed by atoms with Crippen molar-refractivity contribution >= 4 is 24.0 Å². The first kappa shape index (κ1) is 43.9. The van der Waals surface area contributed by atoms with Gasteiger partial charge in [-0.15, -0.1) is 0 Å². The summed E-state index contributed by atoms with van der Waals surface area (Å²) in [6.45, 7) is 10.9. The van der Waals surface area contributed by atoms with E-state index in [0.717, 1.165) is 33.6 Å². The number of carbonyl (C=O) groups is 4. The monoisotopic (exact) mass is 780 g/mol. The van der Waals surface area contributed by atoms with Crippen molar-refractivity contribution in [2.45, 2.75) is 91.1 Å². The number of aromatic nitrogens is 2. The van der Waals surface area contributed by atoms with Crippen LogP contribution in [-0.4, -0.2) is 83.6 Å². The quantitative estimate of drug-likeness (QED) is 0.0988. The number of aliphatic hydroxyl groups excluding tert-OH is 1. The number of rotatable bonds is 15. The smallest absolute Gasteiger partial charge is 0.407 e. The van der Waals surface area contributed by atoms with Crippen molar-refractivity contribution in [3.8, 4) is 22.5 Å². The van der Waals surface area contributed by atoms with Crippen LogP contribution in [0.25, 0.3) is 22.5 Å². The van der Waals surface area contributed by atoms with Crippen LogP contribution >= 0.6 is 0 Å². The number of nitrogens with one attached hydrogen (secondary N) is 4. The van der Waals surface area contributed by atoms with Crippen molar-refractivity contribution in [1.82, 2.24) is 31.2 Å². The number of pyridine rings is 2. The number of carbonyl (C=O) groups excluding carboxylic acids is 4. The zero-order valence-electron chi connectivity index (χ0n) is 34.0. The average molecular weight is 781 g/mol. The predicted molar refractivity (Wildman–Crippen MR) is 219 cm³/mol. The highest BCUT2D eigenvalue weighted by atomic mass is 16.5. The fraction of sp³-hybridized carbons (Fsp3) is 0.409. The van der Waals surface area contributed by atoms with E-state index in [9.17, 15) is 24.3 Å². The summed E-state index contributed by atoms with van der Waals surface area (Å²) in [6, 6.07) is 23.3. The van der Waals surface area contributed by atoms with E-state index in [1.807, 2.05) is 126 Å². The van der Waals surface area contributed by atoms with Gasteiger partial charge in [0.05, 0.1) is 37.8 Å². The van der Waals surface area contributed by atoms with Gasteiger partial charge < -0.3 is 35.8 Å². The van der Waals surface area contributed by atoms with E-state index in [0.29, 0.717) is 6.42 Å². The molecule has 2 heterocycles. The Labute approximate surface area is 335 Å². The summed E-state index contributed by atoms with van der Waals surface area (Å²) in [4.78, 5) is 61.5. The summed E-state index contributed by atoms with van der Waals surface area (Å²) >= 11 is 0. The number of ether oxygens (including phenoxy) is 2. The molecule has 4 rings (SSSR count). The maximum absolute atomic E-state index is 14.0. The minimum absolute atomic E-state index is 0.0183. The van der Waals surface area contributed by atoms with Gasteiger partial charge in [-0.2, -0.15) is 0 Å². The Bertz CT molecular complexity index is 1910. The van der Waals surface area contributed by atoms with E-state index in [4.69, 9.17) is 9.47 Å². The number of aliphatic hydroxyl groups is 1. The number of hydrogen-bond donors (Lipinski definition) is 5. The predicted octanol–water partition coefficient (Wildman–Crippen LogP) is 5.86. The third-order valence-corrected chi connectivity index (χ3v) is 9.58. The van der Waals surface area contributed by atoms with Gasteiger partial charge in [0.25, 0.3) is 0 Å². The summed E-state index contributed by atoms with van der Waals surface area (Å²) < 4.78 is 9.63. The molecule has 13 heteroatoms. The second-order valence-corrected chi connectivity index (χ2v) is 16.2. The highest BCUT2D eigenvalue weighted by Gasteiger charge is 2.37. The lowest BCUT2D eigenvalue weighted by Crippen LogP contribution is -2.59. The molecule has 5 atom stereocenters. The molecular weight excluding hydrogens is 725 g/mol. The van der Waals surface area contributed by atoms with E-state index >= 15 is 0 Å². The summed E-state index contributed by atoms with van der Waals surface area (Å²) in [7, 11) is 2.45. The first-order valence-corrected chi connectivity index (χ1v) is 19.0. The van der Waals surface area contributed by atoms with Crippen LogP contribution in [0.5, 0.6) is 0 Å². The average Bonchev–Trinajstić information content (AvgIpc) is 3.18. The van der Waals surface area contributed by atoms with Gasteiger partial charge in [0.2, 0.25) is 11.8 Å². The van der Waals surface area contributed by atoms with Crippen molar-refractivity contribution in [1.29, 1.82) is 0 Å². The van der Waals surface area contributed by atoms with Crippen LogP contribution in [0.3, 0.4) is 0 Å². The van der Waals surface area contributed by atoms with Crippen LogP contribution in [0, 0.1) is 10.8 Å². The minimum atomic E-state index is -1.19. The van der Waals surface area contributed by atoms with Crippen LogP contribution < -0.4 is 21.3 Å². The van der Waals surface area contributed by atoms with Crippen molar-refractivity contribution < 1.29 is 33.8 Å². The highest BCUT2D eigenvalue weighted by molar-refractivity contribution is 5.87. The molecule has 5 unspecified atom stereocenters. The van der Waals surface area contributed by atoms with E-state index < -0.39 is 65.1 Å². The number of amides is 4. The minimum Gasteiger partial charge on any atom is -0.453 e. The van der Waals surface area contributed by atoms with E-state index in [2.05, 4.69) is 31.2 Å². The van der Waals surface area contributed by atoms with E-state index in [-0.39, 0.29) is 12.8 Å². The molecule has 4 amide bonds. The van der Waals surface area contributed by atoms with Gasteiger partial charge in [0.1, 0.15) is 12.1 Å². The summed E-state index contributed by atoms with van der Waals surface area (Å²) in [6.07, 6.45) is 1.29. The molecule has 0 aliphatic carbocycles. The largest absolute Gasteiger partial charge is 0.453 e. The Morgan fingerprint density at radius 3 is 1.40 bits per heavy atom. The molecule has 0 saturated carbocycles.